The molecule has 0 spiro atoms. The Bertz CT molecular complexity index is 827. The van der Waals surface area contributed by atoms with Crippen LogP contribution in [-0.4, -0.2) is 25.0 Å². The van der Waals surface area contributed by atoms with Gasteiger partial charge >= 0.3 is 0 Å². The molecule has 138 valence electrons. The molecule has 0 unspecified atom stereocenters. The highest BCUT2D eigenvalue weighted by molar-refractivity contribution is 14.1. The zero-order valence-electron chi connectivity index (χ0n) is 14.4. The van der Waals surface area contributed by atoms with Crippen LogP contribution in [0.3, 0.4) is 0 Å². The smallest absolute Gasteiger partial charge is 0.269 e. The van der Waals surface area contributed by atoms with Crippen LogP contribution in [0.2, 0.25) is 0 Å². The summed E-state index contributed by atoms with van der Waals surface area (Å²) in [6, 6.07) is 9.96. The van der Waals surface area contributed by atoms with Gasteiger partial charge in [-0.15, -0.1) is 0 Å². The molecule has 8 heteroatoms. The van der Waals surface area contributed by atoms with E-state index in [-0.39, 0.29) is 6.10 Å². The van der Waals surface area contributed by atoms with Gasteiger partial charge in [0.2, 0.25) is 0 Å². The van der Waals surface area contributed by atoms with E-state index in [9.17, 15) is 9.59 Å². The fourth-order valence-electron chi connectivity index (χ4n) is 2.06. The number of hydrogen-bond acceptors (Lipinski definition) is 4. The lowest BCUT2D eigenvalue weighted by molar-refractivity contribution is 0.0846. The van der Waals surface area contributed by atoms with Crippen LogP contribution in [0.1, 0.15) is 34.6 Å². The summed E-state index contributed by atoms with van der Waals surface area (Å²) < 4.78 is 12.2. The first-order valence-electron chi connectivity index (χ1n) is 7.72. The van der Waals surface area contributed by atoms with Gasteiger partial charge in [-0.3, -0.25) is 20.4 Å². The predicted octanol–water partition coefficient (Wildman–Crippen LogP) is 3.92. The molecule has 0 heterocycles. The van der Waals surface area contributed by atoms with Gasteiger partial charge in [-0.05, 0) is 88.8 Å². The van der Waals surface area contributed by atoms with E-state index < -0.39 is 11.8 Å². The Hall–Kier alpha value is -1.81. The number of hydrogen-bond donors (Lipinski definition) is 2. The van der Waals surface area contributed by atoms with Gasteiger partial charge in [0, 0.05) is 11.1 Å². The third kappa shape index (κ3) is 5.34. The average molecular weight is 533 g/mol. The number of rotatable bonds is 5. The maximum atomic E-state index is 12.2. The molecule has 6 nitrogen and oxygen atoms in total. The van der Waals surface area contributed by atoms with Crippen molar-refractivity contribution in [2.45, 2.75) is 20.0 Å². The Kier molecular flexibility index (Phi) is 7.27. The number of benzene rings is 2. The van der Waals surface area contributed by atoms with Crippen LogP contribution >= 0.6 is 38.5 Å². The standard InChI is InChI=1S/C18H18BrIN2O4/c1-10(2)26-15-6-4-11(8-13(15)19)17(23)21-22-18(24)12-5-7-16(25-3)14(20)9-12/h4-10H,1-3H3,(H,21,23)(H,22,24). The number of carbonyl (C=O) groups is 2. The Balaban J connectivity index is 2.00. The van der Waals surface area contributed by atoms with E-state index in [0.29, 0.717) is 27.1 Å². The van der Waals surface area contributed by atoms with Crippen LogP contribution in [0, 0.1) is 3.57 Å². The van der Waals surface area contributed by atoms with Crippen LogP contribution in [0.4, 0.5) is 0 Å². The lowest BCUT2D eigenvalue weighted by Crippen LogP contribution is -2.41. The molecule has 26 heavy (non-hydrogen) atoms. The van der Waals surface area contributed by atoms with E-state index in [2.05, 4.69) is 49.4 Å². The van der Waals surface area contributed by atoms with E-state index >= 15 is 0 Å². The summed E-state index contributed by atoms with van der Waals surface area (Å²) in [5.41, 5.74) is 5.60. The van der Waals surface area contributed by atoms with E-state index in [4.69, 9.17) is 9.47 Å². The van der Waals surface area contributed by atoms with Crippen LogP contribution in [-0.2, 0) is 0 Å². The van der Waals surface area contributed by atoms with Crippen molar-refractivity contribution in [3.05, 3.63) is 55.6 Å². The van der Waals surface area contributed by atoms with Gasteiger partial charge in [-0.25, -0.2) is 0 Å². The first-order valence-corrected chi connectivity index (χ1v) is 9.59. The van der Waals surface area contributed by atoms with Crippen molar-refractivity contribution in [3.63, 3.8) is 0 Å². The van der Waals surface area contributed by atoms with Crippen molar-refractivity contribution in [2.75, 3.05) is 7.11 Å². The van der Waals surface area contributed by atoms with Crippen LogP contribution in [0.15, 0.2) is 40.9 Å². The number of hydrazine groups is 1. The van der Waals surface area contributed by atoms with Crippen LogP contribution < -0.4 is 20.3 Å². The molecule has 0 saturated carbocycles. The molecule has 2 amide bonds. The van der Waals surface area contributed by atoms with Gasteiger partial charge < -0.3 is 9.47 Å². The summed E-state index contributed by atoms with van der Waals surface area (Å²) in [5, 5.41) is 0. The van der Waals surface area contributed by atoms with Crippen molar-refractivity contribution in [1.82, 2.24) is 10.9 Å². The number of carbonyl (C=O) groups excluding carboxylic acids is 2. The number of halogens is 2. The summed E-state index contributed by atoms with van der Waals surface area (Å²) in [6.07, 6.45) is 0.0255. The fraction of sp³-hybridized carbons (Fsp3) is 0.222. The van der Waals surface area contributed by atoms with Crippen molar-refractivity contribution in [2.24, 2.45) is 0 Å². The summed E-state index contributed by atoms with van der Waals surface area (Å²) in [4.78, 5) is 24.4. The minimum atomic E-state index is -0.432. The quantitative estimate of drug-likeness (QED) is 0.452. The largest absolute Gasteiger partial charge is 0.496 e. The molecule has 2 rings (SSSR count). The molecule has 0 bridgehead atoms. The SMILES string of the molecule is COc1ccc(C(=O)NNC(=O)c2ccc(OC(C)C)c(Br)c2)cc1I. The molecule has 2 N–H and O–H groups in total. The van der Waals surface area contributed by atoms with Gasteiger partial charge in [0.05, 0.1) is 21.3 Å². The molecule has 0 saturated heterocycles. The third-order valence-electron chi connectivity index (χ3n) is 3.26. The molecule has 2 aromatic rings. The third-order valence-corrected chi connectivity index (χ3v) is 4.72. The summed E-state index contributed by atoms with van der Waals surface area (Å²) in [5.74, 6) is 0.476. The Morgan fingerprint density at radius 1 is 1.00 bits per heavy atom. The lowest BCUT2D eigenvalue weighted by atomic mass is 10.2. The molecule has 2 aromatic carbocycles. The number of amides is 2. The van der Waals surface area contributed by atoms with Crippen LogP contribution in [0.25, 0.3) is 0 Å². The van der Waals surface area contributed by atoms with Crippen LogP contribution in [0.5, 0.6) is 11.5 Å². The topological polar surface area (TPSA) is 76.7 Å². The Morgan fingerprint density at radius 2 is 1.54 bits per heavy atom. The average Bonchev–Trinajstić information content (AvgIpc) is 2.60. The highest BCUT2D eigenvalue weighted by Crippen LogP contribution is 2.27. The Labute approximate surface area is 173 Å². The van der Waals surface area contributed by atoms with Crippen molar-refractivity contribution in [1.29, 1.82) is 0 Å². The number of nitrogens with one attached hydrogen (secondary N) is 2. The normalized spacial score (nSPS) is 10.4. The van der Waals surface area contributed by atoms with E-state index in [1.165, 1.54) is 0 Å². The Morgan fingerprint density at radius 3 is 2.00 bits per heavy atom. The summed E-state index contributed by atoms with van der Waals surface area (Å²) in [6.45, 7) is 3.84. The molecule has 0 aliphatic carbocycles. The van der Waals surface area contributed by atoms with Crippen molar-refractivity contribution in [3.8, 4) is 11.5 Å². The second-order valence-electron chi connectivity index (χ2n) is 5.57. The predicted molar refractivity (Wildman–Crippen MR) is 111 cm³/mol. The monoisotopic (exact) mass is 532 g/mol. The first kappa shape index (κ1) is 20.5. The van der Waals surface area contributed by atoms with Gasteiger partial charge in [0.15, 0.2) is 0 Å². The minimum absolute atomic E-state index is 0.0255. The zero-order chi connectivity index (χ0) is 19.3. The second-order valence-corrected chi connectivity index (χ2v) is 7.59. The molecule has 0 atom stereocenters. The fourth-order valence-corrected chi connectivity index (χ4v) is 3.26. The number of methoxy groups -OCH3 is 1. The van der Waals surface area contributed by atoms with Crippen molar-refractivity contribution >= 4 is 50.3 Å². The van der Waals surface area contributed by atoms with Gasteiger partial charge in [0.25, 0.3) is 11.8 Å². The van der Waals surface area contributed by atoms with E-state index in [0.717, 1.165) is 3.57 Å². The zero-order valence-corrected chi connectivity index (χ0v) is 18.2. The molecule has 0 radical (unpaired) electrons. The van der Waals surface area contributed by atoms with E-state index in [1.807, 2.05) is 13.8 Å². The summed E-state index contributed by atoms with van der Waals surface area (Å²) in [7, 11) is 1.56. The maximum Gasteiger partial charge on any atom is 0.269 e. The molecule has 0 aliphatic rings. The highest BCUT2D eigenvalue weighted by Gasteiger charge is 2.13. The molecule has 0 aliphatic heterocycles. The minimum Gasteiger partial charge on any atom is -0.496 e. The molecular formula is C18H18BrIN2O4. The van der Waals surface area contributed by atoms with Gasteiger partial charge in [0.1, 0.15) is 11.5 Å². The summed E-state index contributed by atoms with van der Waals surface area (Å²) >= 11 is 5.45. The second kappa shape index (κ2) is 9.22. The van der Waals surface area contributed by atoms with Gasteiger partial charge in [-0.1, -0.05) is 0 Å². The van der Waals surface area contributed by atoms with Crippen molar-refractivity contribution < 1.29 is 19.1 Å². The molecule has 0 fully saturated rings. The van der Waals surface area contributed by atoms with E-state index in [1.54, 1.807) is 43.5 Å². The first-order chi connectivity index (χ1) is 12.3. The lowest BCUT2D eigenvalue weighted by Gasteiger charge is -2.13. The molecule has 0 aromatic heterocycles. The maximum absolute atomic E-state index is 12.2. The highest BCUT2D eigenvalue weighted by atomic mass is 127. The van der Waals surface area contributed by atoms with Gasteiger partial charge in [-0.2, -0.15) is 0 Å². The molecular weight excluding hydrogens is 515 g/mol. The number of ether oxygens (including phenoxy) is 2.